The third kappa shape index (κ3) is 3.23. The molecule has 0 spiro atoms. The van der Waals surface area contributed by atoms with Crippen LogP contribution in [0.5, 0.6) is 0 Å². The number of sulfone groups is 1. The minimum absolute atomic E-state index is 0.317. The second-order valence-corrected chi connectivity index (χ2v) is 10.4. The first kappa shape index (κ1) is 14.7. The number of rotatable bonds is 4. The molecule has 1 aliphatic rings. The van der Waals surface area contributed by atoms with Crippen molar-refractivity contribution in [2.75, 3.05) is 5.75 Å². The van der Waals surface area contributed by atoms with E-state index >= 15 is 0 Å². The van der Waals surface area contributed by atoms with E-state index in [0.29, 0.717) is 22.2 Å². The number of hydrogen-bond acceptors (Lipinski definition) is 4. The molecule has 0 saturated heterocycles. The van der Waals surface area contributed by atoms with Crippen LogP contribution in [0.2, 0.25) is 0 Å². The molecule has 0 N–H and O–H groups in total. The van der Waals surface area contributed by atoms with E-state index in [1.54, 1.807) is 6.07 Å². The van der Waals surface area contributed by atoms with Gasteiger partial charge in [-0.25, -0.2) is 8.42 Å². The van der Waals surface area contributed by atoms with Crippen LogP contribution >= 0.6 is 43.2 Å². The summed E-state index contributed by atoms with van der Waals surface area (Å²) < 4.78 is 25.7. The summed E-state index contributed by atoms with van der Waals surface area (Å²) in [7, 11) is -3.30. The number of ketones is 1. The highest BCUT2D eigenvalue weighted by Gasteiger charge is 2.31. The molecule has 100 valence electrons. The highest BCUT2D eigenvalue weighted by Crippen LogP contribution is 2.33. The van der Waals surface area contributed by atoms with Crippen molar-refractivity contribution in [3.8, 4) is 0 Å². The highest BCUT2D eigenvalue weighted by molar-refractivity contribution is 9.12. The van der Waals surface area contributed by atoms with E-state index in [9.17, 15) is 13.2 Å². The number of carbonyl (C=O) groups is 1. The Labute approximate surface area is 127 Å². The monoisotopic (exact) mass is 414 g/mol. The van der Waals surface area contributed by atoms with Crippen LogP contribution in [0.3, 0.4) is 0 Å². The van der Waals surface area contributed by atoms with Gasteiger partial charge in [-0.2, -0.15) is 0 Å². The fourth-order valence-corrected chi connectivity index (χ4v) is 6.82. The lowest BCUT2D eigenvalue weighted by Gasteiger charge is -2.09. The molecule has 1 aromatic heterocycles. The first-order valence-electron chi connectivity index (χ1n) is 5.60. The summed E-state index contributed by atoms with van der Waals surface area (Å²) in [6.07, 6.45) is 3.30. The largest absolute Gasteiger partial charge is 0.293 e. The van der Waals surface area contributed by atoms with Crippen LogP contribution < -0.4 is 0 Å². The Morgan fingerprint density at radius 2 is 1.94 bits per heavy atom. The fourth-order valence-electron chi connectivity index (χ4n) is 2.16. The van der Waals surface area contributed by atoms with Crippen LogP contribution in [0.4, 0.5) is 0 Å². The molecule has 0 bridgehead atoms. The predicted octanol–water partition coefficient (Wildman–Crippen LogP) is 3.81. The normalized spacial score (nSPS) is 17.2. The van der Waals surface area contributed by atoms with E-state index in [1.165, 1.54) is 11.3 Å². The van der Waals surface area contributed by atoms with Crippen LogP contribution in [-0.2, 0) is 9.84 Å². The number of Topliss-reactive ketones (excluding diaryl/α,β-unsaturated/α-hetero) is 1. The van der Waals surface area contributed by atoms with E-state index in [4.69, 9.17) is 0 Å². The van der Waals surface area contributed by atoms with Crippen molar-refractivity contribution in [1.29, 1.82) is 0 Å². The van der Waals surface area contributed by atoms with Crippen LogP contribution in [0.25, 0.3) is 0 Å². The van der Waals surface area contributed by atoms with Gasteiger partial charge in [-0.15, -0.1) is 11.3 Å². The molecule has 1 aromatic rings. The fraction of sp³-hybridized carbons (Fsp3) is 0.545. The van der Waals surface area contributed by atoms with Crippen molar-refractivity contribution in [1.82, 2.24) is 0 Å². The van der Waals surface area contributed by atoms with Gasteiger partial charge in [-0.05, 0) is 50.8 Å². The van der Waals surface area contributed by atoms with Gasteiger partial charge in [0, 0.05) is 5.56 Å². The zero-order chi connectivity index (χ0) is 13.3. The summed E-state index contributed by atoms with van der Waals surface area (Å²) in [5.41, 5.74) is 0.452. The van der Waals surface area contributed by atoms with E-state index < -0.39 is 9.84 Å². The summed E-state index contributed by atoms with van der Waals surface area (Å²) >= 11 is 7.94. The quantitative estimate of drug-likeness (QED) is 0.702. The van der Waals surface area contributed by atoms with Gasteiger partial charge in [0.05, 0.1) is 12.8 Å². The summed E-state index contributed by atoms with van der Waals surface area (Å²) in [5.74, 6) is -0.699. The van der Waals surface area contributed by atoms with E-state index in [2.05, 4.69) is 31.9 Å². The Kier molecular flexibility index (Phi) is 4.67. The first-order chi connectivity index (χ1) is 8.40. The zero-order valence-electron chi connectivity index (χ0n) is 9.49. The van der Waals surface area contributed by atoms with Crippen LogP contribution in [-0.4, -0.2) is 25.2 Å². The van der Waals surface area contributed by atoms with E-state index in [-0.39, 0.29) is 16.8 Å². The van der Waals surface area contributed by atoms with Gasteiger partial charge in [0.2, 0.25) is 0 Å². The molecule has 0 aliphatic heterocycles. The molecule has 7 heteroatoms. The smallest absolute Gasteiger partial charge is 0.179 e. The van der Waals surface area contributed by atoms with Crippen LogP contribution in [0.15, 0.2) is 13.6 Å². The van der Waals surface area contributed by atoms with Gasteiger partial charge < -0.3 is 0 Å². The van der Waals surface area contributed by atoms with Gasteiger partial charge in [0.25, 0.3) is 0 Å². The van der Waals surface area contributed by atoms with Crippen molar-refractivity contribution >= 4 is 58.8 Å². The summed E-state index contributed by atoms with van der Waals surface area (Å²) in [4.78, 5) is 12.0. The summed E-state index contributed by atoms with van der Waals surface area (Å²) in [5, 5.41) is -0.317. The van der Waals surface area contributed by atoms with Crippen LogP contribution in [0.1, 0.15) is 36.0 Å². The molecule has 2 rings (SSSR count). The Balaban J connectivity index is 2.14. The Hall–Kier alpha value is 0.280. The predicted molar refractivity (Wildman–Crippen MR) is 80.1 cm³/mol. The molecule has 1 heterocycles. The van der Waals surface area contributed by atoms with Gasteiger partial charge in [-0.3, -0.25) is 4.79 Å². The van der Waals surface area contributed by atoms with Gasteiger partial charge in [0.1, 0.15) is 5.75 Å². The Morgan fingerprint density at radius 3 is 2.44 bits per heavy atom. The molecular weight excluding hydrogens is 404 g/mol. The molecule has 3 nitrogen and oxygen atoms in total. The second kappa shape index (κ2) is 5.73. The Bertz CT molecular complexity index is 557. The summed E-state index contributed by atoms with van der Waals surface area (Å²) in [6, 6.07) is 1.67. The number of halogens is 2. The van der Waals surface area contributed by atoms with Gasteiger partial charge >= 0.3 is 0 Å². The minimum atomic E-state index is -3.30. The molecule has 0 unspecified atom stereocenters. The van der Waals surface area contributed by atoms with E-state index in [0.717, 1.165) is 16.6 Å². The highest BCUT2D eigenvalue weighted by atomic mass is 79.9. The average molecular weight is 416 g/mol. The first-order valence-corrected chi connectivity index (χ1v) is 9.71. The lowest BCUT2D eigenvalue weighted by atomic mass is 10.2. The molecule has 18 heavy (non-hydrogen) atoms. The van der Waals surface area contributed by atoms with Crippen molar-refractivity contribution in [3.63, 3.8) is 0 Å². The number of hydrogen-bond donors (Lipinski definition) is 0. The zero-order valence-corrected chi connectivity index (χ0v) is 14.3. The molecule has 1 saturated carbocycles. The molecule has 0 atom stereocenters. The second-order valence-electron chi connectivity index (χ2n) is 4.37. The molecule has 1 fully saturated rings. The van der Waals surface area contributed by atoms with Crippen molar-refractivity contribution in [2.45, 2.75) is 30.9 Å². The standard InChI is InChI=1S/C11H12Br2O3S2/c12-10-5-8(11(13)17-10)9(14)6-18(15,16)7-3-1-2-4-7/h5,7H,1-4,6H2. The summed E-state index contributed by atoms with van der Waals surface area (Å²) in [6.45, 7) is 0. The topological polar surface area (TPSA) is 51.2 Å². The molecule has 0 amide bonds. The maximum atomic E-state index is 12.1. The third-order valence-corrected chi connectivity index (χ3v) is 7.59. The number of carbonyl (C=O) groups excluding carboxylic acids is 1. The minimum Gasteiger partial charge on any atom is -0.293 e. The third-order valence-electron chi connectivity index (χ3n) is 3.10. The van der Waals surface area contributed by atoms with Crippen molar-refractivity contribution in [3.05, 3.63) is 19.2 Å². The molecule has 1 aliphatic carbocycles. The molecule has 0 radical (unpaired) electrons. The maximum absolute atomic E-state index is 12.1. The lowest BCUT2D eigenvalue weighted by Crippen LogP contribution is -2.25. The SMILES string of the molecule is O=C(CS(=O)(=O)C1CCCC1)c1cc(Br)sc1Br. The van der Waals surface area contributed by atoms with Crippen molar-refractivity contribution in [2.24, 2.45) is 0 Å². The Morgan fingerprint density at radius 1 is 1.33 bits per heavy atom. The molecular formula is C11H12Br2O3S2. The molecule has 0 aromatic carbocycles. The van der Waals surface area contributed by atoms with Crippen molar-refractivity contribution < 1.29 is 13.2 Å². The van der Waals surface area contributed by atoms with Gasteiger partial charge in [0.15, 0.2) is 15.6 Å². The lowest BCUT2D eigenvalue weighted by molar-refractivity contribution is 0.102. The van der Waals surface area contributed by atoms with Crippen LogP contribution in [0, 0.1) is 0 Å². The van der Waals surface area contributed by atoms with Gasteiger partial charge in [-0.1, -0.05) is 12.8 Å². The average Bonchev–Trinajstić information content (AvgIpc) is 2.86. The van der Waals surface area contributed by atoms with E-state index in [1.807, 2.05) is 0 Å². The number of thiophene rings is 1. The maximum Gasteiger partial charge on any atom is 0.179 e.